The van der Waals surface area contributed by atoms with Gasteiger partial charge in [0.25, 0.3) is 0 Å². The monoisotopic (exact) mass is 185 g/mol. The van der Waals surface area contributed by atoms with Gasteiger partial charge in [0.15, 0.2) is 0 Å². The van der Waals surface area contributed by atoms with Crippen LogP contribution in [0.3, 0.4) is 0 Å². The Balaban J connectivity index is 2.99. The number of nitrogens with zero attached hydrogens (tertiary/aromatic N) is 1. The first-order chi connectivity index (χ1) is 6.79. The maximum atomic E-state index is 10.1. The molecule has 14 heavy (non-hydrogen) atoms. The number of carbonyl (C=O) groups excluding carboxylic acids is 1. The van der Waals surface area contributed by atoms with E-state index < -0.39 is 0 Å². The van der Waals surface area contributed by atoms with Crippen LogP contribution in [0, 0.1) is 18.3 Å². The number of hydrogen-bond acceptors (Lipinski definition) is 2. The van der Waals surface area contributed by atoms with Gasteiger partial charge >= 0.3 is 0 Å². The number of carbonyl (C=O) groups is 1. The Labute approximate surface area is 83.5 Å². The summed E-state index contributed by atoms with van der Waals surface area (Å²) >= 11 is 0. The molecule has 0 saturated heterocycles. The summed E-state index contributed by atoms with van der Waals surface area (Å²) in [6, 6.07) is 7.67. The van der Waals surface area contributed by atoms with Gasteiger partial charge in [0.1, 0.15) is 6.29 Å². The Kier molecular flexibility index (Phi) is 3.63. The standard InChI is InChI=1S/C12H11NO/c1-10-11(5-2-3-8-14)6-4-7-12(10)9-13/h2,4-8H,3H2,1H3. The second kappa shape index (κ2) is 4.98. The quantitative estimate of drug-likeness (QED) is 0.679. The number of aldehydes is 1. The first-order valence-electron chi connectivity index (χ1n) is 4.39. The third-order valence-corrected chi connectivity index (χ3v) is 2.03. The van der Waals surface area contributed by atoms with Gasteiger partial charge in [-0.2, -0.15) is 5.26 Å². The fourth-order valence-corrected chi connectivity index (χ4v) is 1.21. The van der Waals surface area contributed by atoms with Crippen molar-refractivity contribution in [2.45, 2.75) is 13.3 Å². The molecule has 70 valence electrons. The van der Waals surface area contributed by atoms with Crippen molar-refractivity contribution >= 4 is 12.4 Å². The number of hydrogen-bond donors (Lipinski definition) is 0. The summed E-state index contributed by atoms with van der Waals surface area (Å²) in [5.41, 5.74) is 2.63. The van der Waals surface area contributed by atoms with Gasteiger partial charge in [0.05, 0.1) is 11.6 Å². The van der Waals surface area contributed by atoms with Crippen LogP contribution in [0.5, 0.6) is 0 Å². The van der Waals surface area contributed by atoms with Crippen molar-refractivity contribution in [3.63, 3.8) is 0 Å². The van der Waals surface area contributed by atoms with Crippen molar-refractivity contribution < 1.29 is 4.79 Å². The Morgan fingerprint density at radius 1 is 1.50 bits per heavy atom. The van der Waals surface area contributed by atoms with Gasteiger partial charge in [-0.25, -0.2) is 0 Å². The van der Waals surface area contributed by atoms with Gasteiger partial charge in [-0.05, 0) is 24.1 Å². The lowest BCUT2D eigenvalue weighted by atomic mass is 10.0. The summed E-state index contributed by atoms with van der Waals surface area (Å²) in [5.74, 6) is 0. The lowest BCUT2D eigenvalue weighted by Crippen LogP contribution is -1.85. The number of nitriles is 1. The Morgan fingerprint density at radius 2 is 2.29 bits per heavy atom. The summed E-state index contributed by atoms with van der Waals surface area (Å²) in [6.07, 6.45) is 4.91. The predicted octanol–water partition coefficient (Wildman–Crippen LogP) is 2.47. The molecular weight excluding hydrogens is 174 g/mol. The van der Waals surface area contributed by atoms with Crippen LogP contribution in [0.4, 0.5) is 0 Å². The predicted molar refractivity (Wildman–Crippen MR) is 55.6 cm³/mol. The number of rotatable bonds is 3. The molecule has 0 spiro atoms. The van der Waals surface area contributed by atoms with Gasteiger partial charge in [-0.1, -0.05) is 24.3 Å². The first-order valence-corrected chi connectivity index (χ1v) is 4.39. The molecule has 1 aromatic rings. The molecule has 0 atom stereocenters. The van der Waals surface area contributed by atoms with Gasteiger partial charge < -0.3 is 4.79 Å². The highest BCUT2D eigenvalue weighted by atomic mass is 16.1. The molecule has 2 nitrogen and oxygen atoms in total. The number of allylic oxidation sites excluding steroid dienone is 1. The summed E-state index contributed by atoms with van der Waals surface area (Å²) in [4.78, 5) is 10.1. The Hall–Kier alpha value is -1.88. The van der Waals surface area contributed by atoms with Crippen LogP contribution in [0.25, 0.3) is 6.08 Å². The van der Waals surface area contributed by atoms with E-state index in [-0.39, 0.29) is 0 Å². The van der Waals surface area contributed by atoms with Gasteiger partial charge in [-0.15, -0.1) is 0 Å². The van der Waals surface area contributed by atoms with E-state index in [2.05, 4.69) is 6.07 Å². The van der Waals surface area contributed by atoms with Crippen molar-refractivity contribution in [3.8, 4) is 6.07 Å². The molecule has 0 N–H and O–H groups in total. The van der Waals surface area contributed by atoms with Crippen molar-refractivity contribution in [1.29, 1.82) is 5.26 Å². The van der Waals surface area contributed by atoms with Crippen LogP contribution in [0.1, 0.15) is 23.1 Å². The van der Waals surface area contributed by atoms with Crippen LogP contribution in [0.15, 0.2) is 24.3 Å². The largest absolute Gasteiger partial charge is 0.303 e. The third kappa shape index (κ3) is 2.30. The molecule has 1 aromatic carbocycles. The highest BCUT2D eigenvalue weighted by molar-refractivity contribution is 5.61. The summed E-state index contributed by atoms with van der Waals surface area (Å²) < 4.78 is 0. The number of benzene rings is 1. The zero-order valence-corrected chi connectivity index (χ0v) is 8.03. The molecular formula is C12H11NO. The summed E-state index contributed by atoms with van der Waals surface area (Å²) in [6.45, 7) is 1.90. The maximum Gasteiger partial charge on any atom is 0.123 e. The Bertz CT molecular complexity index is 399. The molecule has 0 aliphatic rings. The molecule has 0 heterocycles. The summed E-state index contributed by atoms with van der Waals surface area (Å²) in [7, 11) is 0. The third-order valence-electron chi connectivity index (χ3n) is 2.03. The lowest BCUT2D eigenvalue weighted by molar-refractivity contribution is -0.107. The van der Waals surface area contributed by atoms with Gasteiger partial charge in [-0.3, -0.25) is 0 Å². The van der Waals surface area contributed by atoms with Crippen molar-refractivity contribution in [1.82, 2.24) is 0 Å². The second-order valence-electron chi connectivity index (χ2n) is 2.94. The van der Waals surface area contributed by atoms with E-state index >= 15 is 0 Å². The highest BCUT2D eigenvalue weighted by Crippen LogP contribution is 2.14. The van der Waals surface area contributed by atoms with E-state index in [4.69, 9.17) is 5.26 Å². The minimum absolute atomic E-state index is 0.413. The minimum atomic E-state index is 0.413. The van der Waals surface area contributed by atoms with E-state index in [1.807, 2.05) is 25.1 Å². The fraction of sp³-hybridized carbons (Fsp3) is 0.167. The average Bonchev–Trinajstić information content (AvgIpc) is 2.21. The molecule has 0 aromatic heterocycles. The zero-order chi connectivity index (χ0) is 10.4. The van der Waals surface area contributed by atoms with Crippen molar-refractivity contribution in [2.24, 2.45) is 0 Å². The molecule has 0 fully saturated rings. The molecule has 0 amide bonds. The van der Waals surface area contributed by atoms with E-state index in [1.54, 1.807) is 12.1 Å². The topological polar surface area (TPSA) is 40.9 Å². The smallest absolute Gasteiger partial charge is 0.123 e. The molecule has 0 unspecified atom stereocenters. The molecule has 0 bridgehead atoms. The maximum absolute atomic E-state index is 10.1. The lowest BCUT2D eigenvalue weighted by Gasteiger charge is -2.00. The van der Waals surface area contributed by atoms with E-state index in [0.717, 1.165) is 17.4 Å². The molecule has 0 aliphatic carbocycles. The van der Waals surface area contributed by atoms with Gasteiger partial charge in [0.2, 0.25) is 0 Å². The van der Waals surface area contributed by atoms with Crippen LogP contribution in [-0.4, -0.2) is 6.29 Å². The first kappa shape index (κ1) is 10.2. The average molecular weight is 185 g/mol. The molecule has 0 aliphatic heterocycles. The molecule has 1 rings (SSSR count). The zero-order valence-electron chi connectivity index (χ0n) is 8.03. The SMILES string of the molecule is Cc1c(C#N)cccc1C=CCC=O. The highest BCUT2D eigenvalue weighted by Gasteiger charge is 1.99. The van der Waals surface area contributed by atoms with Crippen molar-refractivity contribution in [2.75, 3.05) is 0 Å². The van der Waals surface area contributed by atoms with Crippen molar-refractivity contribution in [3.05, 3.63) is 41.0 Å². The Morgan fingerprint density at radius 3 is 2.93 bits per heavy atom. The van der Waals surface area contributed by atoms with Crippen LogP contribution < -0.4 is 0 Å². The van der Waals surface area contributed by atoms with Crippen LogP contribution in [0.2, 0.25) is 0 Å². The van der Waals surface area contributed by atoms with E-state index in [0.29, 0.717) is 12.0 Å². The van der Waals surface area contributed by atoms with Crippen LogP contribution >= 0.6 is 0 Å². The molecule has 0 saturated carbocycles. The minimum Gasteiger partial charge on any atom is -0.303 e. The normalized spacial score (nSPS) is 10.0. The van der Waals surface area contributed by atoms with E-state index in [1.165, 1.54) is 0 Å². The summed E-state index contributed by atoms with van der Waals surface area (Å²) in [5, 5.41) is 8.78. The molecule has 2 heteroatoms. The van der Waals surface area contributed by atoms with E-state index in [9.17, 15) is 4.79 Å². The fourth-order valence-electron chi connectivity index (χ4n) is 1.21. The second-order valence-corrected chi connectivity index (χ2v) is 2.94. The van der Waals surface area contributed by atoms with Gasteiger partial charge in [0, 0.05) is 6.42 Å². The molecule has 0 radical (unpaired) electrons. The van der Waals surface area contributed by atoms with Crippen LogP contribution in [-0.2, 0) is 4.79 Å².